The van der Waals surface area contributed by atoms with Crippen LogP contribution in [0.1, 0.15) is 29.6 Å². The molecule has 2 aromatic heterocycles. The minimum absolute atomic E-state index is 0.275. The topological polar surface area (TPSA) is 62.1 Å². The average molecular weight is 336 g/mol. The fourth-order valence-electron chi connectivity index (χ4n) is 3.04. The number of hydrogen-bond donors (Lipinski definition) is 0. The van der Waals surface area contributed by atoms with Crippen LogP contribution in [0.2, 0.25) is 0 Å². The summed E-state index contributed by atoms with van der Waals surface area (Å²) in [7, 11) is 1.67. The van der Waals surface area contributed by atoms with Gasteiger partial charge in [0.05, 0.1) is 25.6 Å². The Morgan fingerprint density at radius 2 is 2.12 bits per heavy atom. The van der Waals surface area contributed by atoms with Crippen LogP contribution in [0, 0.1) is 0 Å². The Labute approximate surface area is 146 Å². The van der Waals surface area contributed by atoms with Gasteiger partial charge in [0.15, 0.2) is 5.82 Å². The Balaban J connectivity index is 1.66. The maximum atomic E-state index is 5.54. The summed E-state index contributed by atoms with van der Waals surface area (Å²) in [4.78, 5) is 9.03. The molecule has 1 aliphatic heterocycles. The lowest BCUT2D eigenvalue weighted by atomic mass is 10.1. The summed E-state index contributed by atoms with van der Waals surface area (Å²) in [6, 6.07) is 11.9. The summed E-state index contributed by atoms with van der Waals surface area (Å²) in [6.45, 7) is 1.47. The molecule has 0 spiro atoms. The van der Waals surface area contributed by atoms with E-state index in [0.717, 1.165) is 41.7 Å². The van der Waals surface area contributed by atoms with Crippen molar-refractivity contribution >= 4 is 0 Å². The van der Waals surface area contributed by atoms with Gasteiger partial charge >= 0.3 is 0 Å². The molecule has 0 N–H and O–H groups in total. The van der Waals surface area contributed by atoms with E-state index >= 15 is 0 Å². The molecule has 0 bridgehead atoms. The van der Waals surface area contributed by atoms with Crippen LogP contribution in [-0.2, 0) is 11.2 Å². The molecule has 1 saturated heterocycles. The van der Waals surface area contributed by atoms with E-state index in [2.05, 4.69) is 4.98 Å². The quantitative estimate of drug-likeness (QED) is 0.717. The molecular weight excluding hydrogens is 316 g/mol. The Morgan fingerprint density at radius 3 is 2.80 bits per heavy atom. The van der Waals surface area contributed by atoms with Gasteiger partial charge < -0.3 is 9.47 Å². The fourth-order valence-corrected chi connectivity index (χ4v) is 3.04. The van der Waals surface area contributed by atoms with Gasteiger partial charge in [-0.15, -0.1) is 0 Å². The molecule has 0 aliphatic carbocycles. The molecule has 0 radical (unpaired) electrons. The second-order valence-corrected chi connectivity index (χ2v) is 6.09. The Hall–Kier alpha value is -2.73. The van der Waals surface area contributed by atoms with Crippen LogP contribution in [0.3, 0.4) is 0 Å². The molecule has 1 aromatic carbocycles. The van der Waals surface area contributed by atoms with Gasteiger partial charge in [-0.1, -0.05) is 12.1 Å². The molecule has 3 aromatic rings. The summed E-state index contributed by atoms with van der Waals surface area (Å²) in [6.07, 6.45) is 5.22. The fraction of sp³-hybridized carbons (Fsp3) is 0.316. The van der Waals surface area contributed by atoms with Crippen LogP contribution in [0.15, 0.2) is 48.8 Å². The van der Waals surface area contributed by atoms with Gasteiger partial charge in [-0.05, 0) is 36.2 Å². The molecule has 0 unspecified atom stereocenters. The largest absolute Gasteiger partial charge is 0.497 e. The van der Waals surface area contributed by atoms with Gasteiger partial charge in [0.2, 0.25) is 0 Å². The zero-order valence-electron chi connectivity index (χ0n) is 14.1. The van der Waals surface area contributed by atoms with Gasteiger partial charge in [0.25, 0.3) is 0 Å². The molecule has 1 aliphatic rings. The lowest BCUT2D eigenvalue weighted by Gasteiger charge is -2.09. The van der Waals surface area contributed by atoms with E-state index in [1.165, 1.54) is 0 Å². The van der Waals surface area contributed by atoms with Crippen molar-refractivity contribution in [1.29, 1.82) is 0 Å². The second kappa shape index (κ2) is 7.03. The summed E-state index contributed by atoms with van der Waals surface area (Å²) in [5, 5.41) is 4.74. The number of methoxy groups -OCH3 is 1. The number of pyridine rings is 1. The molecule has 1 fully saturated rings. The molecule has 6 nitrogen and oxygen atoms in total. The molecule has 1 atom stereocenters. The van der Waals surface area contributed by atoms with E-state index in [-0.39, 0.29) is 5.92 Å². The van der Waals surface area contributed by atoms with Gasteiger partial charge in [-0.25, -0.2) is 9.67 Å². The predicted molar refractivity (Wildman–Crippen MR) is 93.1 cm³/mol. The van der Waals surface area contributed by atoms with Crippen LogP contribution < -0.4 is 4.74 Å². The Morgan fingerprint density at radius 1 is 1.24 bits per heavy atom. The first-order valence-corrected chi connectivity index (χ1v) is 8.40. The zero-order chi connectivity index (χ0) is 17.1. The van der Waals surface area contributed by atoms with E-state index in [4.69, 9.17) is 19.6 Å². The van der Waals surface area contributed by atoms with Crippen LogP contribution in [0.5, 0.6) is 5.75 Å². The first-order valence-electron chi connectivity index (χ1n) is 8.40. The smallest absolute Gasteiger partial charge is 0.155 e. The molecule has 3 heterocycles. The number of aromatic nitrogens is 4. The van der Waals surface area contributed by atoms with E-state index in [1.54, 1.807) is 13.3 Å². The van der Waals surface area contributed by atoms with Crippen LogP contribution in [0.4, 0.5) is 0 Å². The highest BCUT2D eigenvalue weighted by Crippen LogP contribution is 2.26. The molecule has 0 saturated carbocycles. The summed E-state index contributed by atoms with van der Waals surface area (Å²) >= 11 is 0. The molecular formula is C19H20N4O2. The molecule has 4 rings (SSSR count). The van der Waals surface area contributed by atoms with Crippen molar-refractivity contribution in [2.45, 2.75) is 18.8 Å². The van der Waals surface area contributed by atoms with E-state index in [0.29, 0.717) is 13.0 Å². The maximum Gasteiger partial charge on any atom is 0.155 e. The summed E-state index contributed by atoms with van der Waals surface area (Å²) in [5.41, 5.74) is 2.08. The lowest BCUT2D eigenvalue weighted by molar-refractivity contribution is 0.193. The van der Waals surface area contributed by atoms with Crippen molar-refractivity contribution in [1.82, 2.24) is 19.7 Å². The van der Waals surface area contributed by atoms with Crippen LogP contribution in [-0.4, -0.2) is 40.1 Å². The van der Waals surface area contributed by atoms with E-state index < -0.39 is 0 Å². The molecule has 6 heteroatoms. The normalized spacial score (nSPS) is 16.9. The average Bonchev–Trinajstić information content (AvgIpc) is 3.33. The molecule has 0 amide bonds. The number of hydrogen-bond acceptors (Lipinski definition) is 5. The van der Waals surface area contributed by atoms with Gasteiger partial charge in [0.1, 0.15) is 11.6 Å². The summed E-state index contributed by atoms with van der Waals surface area (Å²) in [5.74, 6) is 2.88. The monoisotopic (exact) mass is 336 g/mol. The third-order valence-corrected chi connectivity index (χ3v) is 4.38. The number of nitrogens with zero attached hydrogens (tertiary/aromatic N) is 4. The molecule has 25 heavy (non-hydrogen) atoms. The zero-order valence-corrected chi connectivity index (χ0v) is 14.1. The van der Waals surface area contributed by atoms with Crippen molar-refractivity contribution in [3.63, 3.8) is 0 Å². The SMILES string of the molecule is COc1ccc(Cc2nc([C@@H]3CCOC3)n(-c3cccnc3)n2)cc1. The van der Waals surface area contributed by atoms with Gasteiger partial charge in [0, 0.05) is 25.1 Å². The predicted octanol–water partition coefficient (Wildman–Crippen LogP) is 2.77. The Bertz CT molecular complexity index is 824. The highest BCUT2D eigenvalue weighted by molar-refractivity contribution is 5.31. The summed E-state index contributed by atoms with van der Waals surface area (Å²) < 4.78 is 12.7. The van der Waals surface area contributed by atoms with Crippen molar-refractivity contribution in [2.24, 2.45) is 0 Å². The minimum Gasteiger partial charge on any atom is -0.497 e. The number of rotatable bonds is 5. The third kappa shape index (κ3) is 3.39. The van der Waals surface area contributed by atoms with E-state index in [1.807, 2.05) is 47.3 Å². The van der Waals surface area contributed by atoms with Crippen molar-refractivity contribution in [3.05, 3.63) is 66.0 Å². The minimum atomic E-state index is 0.275. The number of ether oxygens (including phenoxy) is 2. The first kappa shape index (κ1) is 15.8. The van der Waals surface area contributed by atoms with E-state index in [9.17, 15) is 0 Å². The van der Waals surface area contributed by atoms with Crippen molar-refractivity contribution in [3.8, 4) is 11.4 Å². The molecule has 128 valence electrons. The highest BCUT2D eigenvalue weighted by atomic mass is 16.5. The van der Waals surface area contributed by atoms with Gasteiger partial charge in [-0.2, -0.15) is 5.10 Å². The first-order chi connectivity index (χ1) is 12.3. The third-order valence-electron chi connectivity index (χ3n) is 4.38. The van der Waals surface area contributed by atoms with Crippen LogP contribution >= 0.6 is 0 Å². The standard InChI is InChI=1S/C19H20N4O2/c1-24-17-6-4-14(5-7-17)11-18-21-19(15-8-10-25-13-15)23(22-18)16-3-2-9-20-12-16/h2-7,9,12,15H,8,10-11,13H2,1H3/t15-/m1/s1. The van der Waals surface area contributed by atoms with Crippen LogP contribution in [0.25, 0.3) is 5.69 Å². The van der Waals surface area contributed by atoms with Crippen molar-refractivity contribution < 1.29 is 9.47 Å². The lowest BCUT2D eigenvalue weighted by Crippen LogP contribution is -2.09. The highest BCUT2D eigenvalue weighted by Gasteiger charge is 2.25. The van der Waals surface area contributed by atoms with Crippen molar-refractivity contribution in [2.75, 3.05) is 20.3 Å². The van der Waals surface area contributed by atoms with Gasteiger partial charge in [-0.3, -0.25) is 4.98 Å². The maximum absolute atomic E-state index is 5.54. The number of benzene rings is 1. The second-order valence-electron chi connectivity index (χ2n) is 6.09. The Kier molecular flexibility index (Phi) is 4.43.